The molecule has 1 heterocycles. The largest absolute Gasteiger partial charge is 0.383 e. The highest BCUT2D eigenvalue weighted by Gasteiger charge is 2.34. The molecular formula is C18H30ClN3O2. The number of nitrogens with zero attached hydrogens (tertiary/aromatic N) is 2. The summed E-state index contributed by atoms with van der Waals surface area (Å²) in [4.78, 5) is 19.1. The number of methoxy groups -OCH3 is 1. The summed E-state index contributed by atoms with van der Waals surface area (Å²) in [6.45, 7) is 2.25. The van der Waals surface area contributed by atoms with Gasteiger partial charge in [-0.3, -0.25) is 9.78 Å². The summed E-state index contributed by atoms with van der Waals surface area (Å²) in [6.07, 6.45) is 8.06. The molecule has 136 valence electrons. The van der Waals surface area contributed by atoms with Gasteiger partial charge in [-0.05, 0) is 36.9 Å². The molecule has 0 unspecified atom stereocenters. The summed E-state index contributed by atoms with van der Waals surface area (Å²) in [6, 6.07) is 5.78. The van der Waals surface area contributed by atoms with E-state index < -0.39 is 0 Å². The van der Waals surface area contributed by atoms with E-state index in [1.54, 1.807) is 13.3 Å². The van der Waals surface area contributed by atoms with Crippen molar-refractivity contribution in [3.8, 4) is 0 Å². The Morgan fingerprint density at radius 1 is 1.33 bits per heavy atom. The zero-order valence-corrected chi connectivity index (χ0v) is 15.4. The van der Waals surface area contributed by atoms with Crippen LogP contribution in [-0.4, -0.2) is 42.6 Å². The molecule has 5 nitrogen and oxygen atoms in total. The van der Waals surface area contributed by atoms with Gasteiger partial charge in [0.15, 0.2) is 0 Å². The van der Waals surface area contributed by atoms with Crippen molar-refractivity contribution in [2.75, 3.05) is 26.8 Å². The SMILES string of the molecule is COCCN(Cc1ccccn1)C(=O)CC1(CN)CCCCC1.Cl. The van der Waals surface area contributed by atoms with Crippen LogP contribution in [-0.2, 0) is 16.1 Å². The van der Waals surface area contributed by atoms with Gasteiger partial charge in [-0.15, -0.1) is 12.4 Å². The summed E-state index contributed by atoms with van der Waals surface area (Å²) in [7, 11) is 1.66. The van der Waals surface area contributed by atoms with E-state index >= 15 is 0 Å². The number of ether oxygens (including phenoxy) is 1. The zero-order valence-electron chi connectivity index (χ0n) is 14.6. The normalized spacial score (nSPS) is 16.2. The van der Waals surface area contributed by atoms with E-state index in [2.05, 4.69) is 4.98 Å². The van der Waals surface area contributed by atoms with Crippen LogP contribution in [0.5, 0.6) is 0 Å². The minimum atomic E-state index is -0.00916. The quantitative estimate of drug-likeness (QED) is 0.778. The molecule has 0 spiro atoms. The van der Waals surface area contributed by atoms with Crippen molar-refractivity contribution >= 4 is 18.3 Å². The number of amides is 1. The number of pyridine rings is 1. The average Bonchev–Trinajstić information content (AvgIpc) is 2.60. The van der Waals surface area contributed by atoms with Crippen LogP contribution in [0.1, 0.15) is 44.2 Å². The van der Waals surface area contributed by atoms with E-state index in [0.717, 1.165) is 18.5 Å². The Bertz CT molecular complexity index is 478. The van der Waals surface area contributed by atoms with Crippen LogP contribution in [0.2, 0.25) is 0 Å². The van der Waals surface area contributed by atoms with Crippen molar-refractivity contribution in [2.45, 2.75) is 45.1 Å². The summed E-state index contributed by atoms with van der Waals surface area (Å²) in [5, 5.41) is 0. The fourth-order valence-corrected chi connectivity index (χ4v) is 3.37. The highest BCUT2D eigenvalue weighted by molar-refractivity contribution is 5.85. The highest BCUT2D eigenvalue weighted by atomic mass is 35.5. The van der Waals surface area contributed by atoms with Gasteiger partial charge in [0.1, 0.15) is 0 Å². The molecule has 24 heavy (non-hydrogen) atoms. The average molecular weight is 356 g/mol. The Hall–Kier alpha value is -1.17. The molecule has 0 aromatic carbocycles. The number of carbonyl (C=O) groups is 1. The number of halogens is 1. The maximum absolute atomic E-state index is 12.9. The molecule has 6 heteroatoms. The smallest absolute Gasteiger partial charge is 0.223 e. The molecule has 2 N–H and O–H groups in total. The van der Waals surface area contributed by atoms with Crippen LogP contribution in [0.15, 0.2) is 24.4 Å². The molecular weight excluding hydrogens is 326 g/mol. The molecule has 0 radical (unpaired) electrons. The number of hydrogen-bond donors (Lipinski definition) is 1. The summed E-state index contributed by atoms with van der Waals surface area (Å²) < 4.78 is 5.16. The van der Waals surface area contributed by atoms with Gasteiger partial charge < -0.3 is 15.4 Å². The first kappa shape index (κ1) is 20.9. The third-order valence-electron chi connectivity index (χ3n) is 4.87. The summed E-state index contributed by atoms with van der Waals surface area (Å²) in [5.41, 5.74) is 6.93. The van der Waals surface area contributed by atoms with Crippen molar-refractivity contribution in [3.63, 3.8) is 0 Å². The molecule has 0 bridgehead atoms. The minimum absolute atomic E-state index is 0. The second-order valence-corrected chi connectivity index (χ2v) is 6.57. The van der Waals surface area contributed by atoms with Crippen LogP contribution in [0.4, 0.5) is 0 Å². The Labute approximate surface area is 151 Å². The second-order valence-electron chi connectivity index (χ2n) is 6.57. The van der Waals surface area contributed by atoms with Crippen molar-refractivity contribution in [3.05, 3.63) is 30.1 Å². The van der Waals surface area contributed by atoms with Gasteiger partial charge >= 0.3 is 0 Å². The monoisotopic (exact) mass is 355 g/mol. The van der Waals surface area contributed by atoms with Crippen LogP contribution in [0.25, 0.3) is 0 Å². The Morgan fingerprint density at radius 3 is 2.67 bits per heavy atom. The maximum Gasteiger partial charge on any atom is 0.223 e. The molecule has 0 aliphatic heterocycles. The van der Waals surface area contributed by atoms with Crippen LogP contribution in [0, 0.1) is 5.41 Å². The fourth-order valence-electron chi connectivity index (χ4n) is 3.37. The van der Waals surface area contributed by atoms with Crippen molar-refractivity contribution in [1.29, 1.82) is 0 Å². The third-order valence-corrected chi connectivity index (χ3v) is 4.87. The van der Waals surface area contributed by atoms with Gasteiger partial charge in [-0.1, -0.05) is 25.3 Å². The van der Waals surface area contributed by atoms with E-state index in [1.807, 2.05) is 23.1 Å². The van der Waals surface area contributed by atoms with Crippen LogP contribution in [0.3, 0.4) is 0 Å². The van der Waals surface area contributed by atoms with E-state index in [9.17, 15) is 4.79 Å². The molecule has 0 saturated heterocycles. The summed E-state index contributed by atoms with van der Waals surface area (Å²) in [5.74, 6) is 0.167. The molecule has 1 amide bonds. The van der Waals surface area contributed by atoms with Gasteiger partial charge in [-0.2, -0.15) is 0 Å². The summed E-state index contributed by atoms with van der Waals surface area (Å²) >= 11 is 0. The van der Waals surface area contributed by atoms with Gasteiger partial charge in [-0.25, -0.2) is 0 Å². The van der Waals surface area contributed by atoms with Crippen LogP contribution < -0.4 is 5.73 Å². The number of rotatable bonds is 8. The lowest BCUT2D eigenvalue weighted by molar-refractivity contribution is -0.135. The highest BCUT2D eigenvalue weighted by Crippen LogP contribution is 2.38. The number of aromatic nitrogens is 1. The topological polar surface area (TPSA) is 68.5 Å². The predicted molar refractivity (Wildman–Crippen MR) is 98.0 cm³/mol. The van der Waals surface area contributed by atoms with E-state index in [4.69, 9.17) is 10.5 Å². The van der Waals surface area contributed by atoms with Gasteiger partial charge in [0.2, 0.25) is 5.91 Å². The van der Waals surface area contributed by atoms with E-state index in [0.29, 0.717) is 32.7 Å². The third kappa shape index (κ3) is 6.04. The van der Waals surface area contributed by atoms with Crippen molar-refractivity contribution < 1.29 is 9.53 Å². The lowest BCUT2D eigenvalue weighted by Gasteiger charge is -2.37. The molecule has 1 fully saturated rings. The lowest BCUT2D eigenvalue weighted by Crippen LogP contribution is -2.41. The van der Waals surface area contributed by atoms with Crippen LogP contribution >= 0.6 is 12.4 Å². The lowest BCUT2D eigenvalue weighted by atomic mass is 9.71. The zero-order chi connectivity index (χ0) is 16.5. The Kier molecular flexibility index (Phi) is 9.26. The Balaban J connectivity index is 0.00000288. The Morgan fingerprint density at radius 2 is 2.08 bits per heavy atom. The first-order chi connectivity index (χ1) is 11.2. The van der Waals surface area contributed by atoms with Gasteiger partial charge in [0, 0.05) is 26.3 Å². The van der Waals surface area contributed by atoms with Crippen molar-refractivity contribution in [2.24, 2.45) is 11.1 Å². The first-order valence-corrected chi connectivity index (χ1v) is 8.56. The van der Waals surface area contributed by atoms with E-state index in [1.165, 1.54) is 19.3 Å². The molecule has 2 rings (SSSR count). The van der Waals surface area contributed by atoms with Gasteiger partial charge in [0.05, 0.1) is 18.8 Å². The first-order valence-electron chi connectivity index (χ1n) is 8.56. The molecule has 0 atom stereocenters. The number of hydrogen-bond acceptors (Lipinski definition) is 4. The second kappa shape index (κ2) is 10.6. The maximum atomic E-state index is 12.9. The molecule has 1 aromatic heterocycles. The number of carbonyl (C=O) groups excluding carboxylic acids is 1. The predicted octanol–water partition coefficient (Wildman–Crippen LogP) is 2.78. The van der Waals surface area contributed by atoms with Gasteiger partial charge in [0.25, 0.3) is 0 Å². The molecule has 1 aliphatic rings. The molecule has 1 saturated carbocycles. The minimum Gasteiger partial charge on any atom is -0.383 e. The number of nitrogens with two attached hydrogens (primary N) is 1. The van der Waals surface area contributed by atoms with E-state index in [-0.39, 0.29) is 23.7 Å². The molecule has 1 aliphatic carbocycles. The van der Waals surface area contributed by atoms with Crippen molar-refractivity contribution in [1.82, 2.24) is 9.88 Å². The standard InChI is InChI=1S/C18H29N3O2.ClH/c1-23-12-11-21(14-16-7-3-6-10-20-16)17(22)13-18(15-19)8-4-2-5-9-18;/h3,6-7,10H,2,4-5,8-9,11-15,19H2,1H3;1H. The fraction of sp³-hybridized carbons (Fsp3) is 0.667. The molecule has 1 aromatic rings.